The van der Waals surface area contributed by atoms with Crippen LogP contribution in [0.2, 0.25) is 0 Å². The number of aromatic nitrogens is 3. The van der Waals surface area contributed by atoms with E-state index in [0.717, 1.165) is 16.1 Å². The van der Waals surface area contributed by atoms with Crippen molar-refractivity contribution < 1.29 is 4.79 Å². The van der Waals surface area contributed by atoms with Crippen LogP contribution in [0.1, 0.15) is 4.88 Å². The molecule has 2 N–H and O–H groups in total. The van der Waals surface area contributed by atoms with Crippen molar-refractivity contribution in [2.75, 3.05) is 5.32 Å². The van der Waals surface area contributed by atoms with E-state index in [-0.39, 0.29) is 6.03 Å². The number of carbonyl (C=O) groups is 1. The third-order valence-corrected chi connectivity index (χ3v) is 4.12. The molecular formula is C13H11N5OS2. The molecule has 6 nitrogen and oxygen atoms in total. The zero-order valence-corrected chi connectivity index (χ0v) is 12.4. The van der Waals surface area contributed by atoms with Crippen LogP contribution in [-0.2, 0) is 6.54 Å². The summed E-state index contributed by atoms with van der Waals surface area (Å²) in [6.45, 7) is 0.416. The fourth-order valence-corrected chi connectivity index (χ4v) is 2.92. The second-order valence-electron chi connectivity index (χ2n) is 4.04. The monoisotopic (exact) mass is 317 g/mol. The van der Waals surface area contributed by atoms with E-state index in [2.05, 4.69) is 25.8 Å². The van der Waals surface area contributed by atoms with E-state index < -0.39 is 0 Å². The lowest BCUT2D eigenvalue weighted by Crippen LogP contribution is -2.28. The lowest BCUT2D eigenvalue weighted by atomic mass is 10.1. The minimum Gasteiger partial charge on any atom is -0.333 e. The standard InChI is InChI=1S/C13H11N5OS2/c19-12(17-13-18-16-8-21-13)14-6-10-11(15-7-20-10)9-4-2-1-3-5-9/h1-5,7-8H,6H2,(H2,14,17,18,19). The maximum atomic E-state index is 11.8. The summed E-state index contributed by atoms with van der Waals surface area (Å²) in [7, 11) is 0. The Balaban J connectivity index is 1.64. The molecule has 0 saturated heterocycles. The quantitative estimate of drug-likeness (QED) is 0.775. The SMILES string of the molecule is O=C(NCc1scnc1-c1ccccc1)Nc1nncs1. The molecule has 106 valence electrons. The number of urea groups is 1. The molecule has 8 heteroatoms. The van der Waals surface area contributed by atoms with Crippen molar-refractivity contribution in [1.29, 1.82) is 0 Å². The van der Waals surface area contributed by atoms with E-state index in [0.29, 0.717) is 11.7 Å². The Morgan fingerprint density at radius 1 is 1.14 bits per heavy atom. The zero-order chi connectivity index (χ0) is 14.5. The number of benzene rings is 1. The molecule has 0 aliphatic heterocycles. The second-order valence-corrected chi connectivity index (χ2v) is 5.81. The third-order valence-electron chi connectivity index (χ3n) is 2.68. The van der Waals surface area contributed by atoms with E-state index in [9.17, 15) is 4.79 Å². The van der Waals surface area contributed by atoms with Gasteiger partial charge in [-0.2, -0.15) is 0 Å². The summed E-state index contributed by atoms with van der Waals surface area (Å²) in [6, 6.07) is 9.59. The van der Waals surface area contributed by atoms with Crippen molar-refractivity contribution in [3.05, 3.63) is 46.2 Å². The number of amides is 2. The highest BCUT2D eigenvalue weighted by Crippen LogP contribution is 2.24. The van der Waals surface area contributed by atoms with Gasteiger partial charge in [0.15, 0.2) is 0 Å². The van der Waals surface area contributed by atoms with Crippen LogP contribution >= 0.6 is 22.7 Å². The molecule has 0 saturated carbocycles. The zero-order valence-electron chi connectivity index (χ0n) is 10.8. The van der Waals surface area contributed by atoms with Crippen molar-refractivity contribution in [3.63, 3.8) is 0 Å². The second kappa shape index (κ2) is 6.42. The summed E-state index contributed by atoms with van der Waals surface area (Å²) in [5.41, 5.74) is 5.28. The first-order valence-corrected chi connectivity index (χ1v) is 7.87. The highest BCUT2D eigenvalue weighted by Gasteiger charge is 2.10. The number of carbonyl (C=O) groups excluding carboxylic acids is 1. The summed E-state index contributed by atoms with van der Waals surface area (Å²) in [6.07, 6.45) is 0. The van der Waals surface area contributed by atoms with Gasteiger partial charge >= 0.3 is 6.03 Å². The lowest BCUT2D eigenvalue weighted by molar-refractivity contribution is 0.252. The summed E-state index contributed by atoms with van der Waals surface area (Å²) in [5.74, 6) is 0. The van der Waals surface area contributed by atoms with Gasteiger partial charge in [-0.1, -0.05) is 41.7 Å². The van der Waals surface area contributed by atoms with Gasteiger partial charge in [0.05, 0.1) is 22.6 Å². The highest BCUT2D eigenvalue weighted by molar-refractivity contribution is 7.13. The van der Waals surface area contributed by atoms with Crippen LogP contribution in [0.25, 0.3) is 11.3 Å². The first-order chi connectivity index (χ1) is 10.3. The Labute approximate surface area is 128 Å². The normalized spacial score (nSPS) is 10.3. The number of rotatable bonds is 4. The van der Waals surface area contributed by atoms with Gasteiger partial charge in [-0.15, -0.1) is 21.5 Å². The average molecular weight is 317 g/mol. The van der Waals surface area contributed by atoms with Gasteiger partial charge < -0.3 is 5.32 Å². The van der Waals surface area contributed by atoms with Crippen molar-refractivity contribution in [2.45, 2.75) is 6.54 Å². The van der Waals surface area contributed by atoms with Gasteiger partial charge in [-0.25, -0.2) is 9.78 Å². The number of nitrogens with zero attached hydrogens (tertiary/aromatic N) is 3. The van der Waals surface area contributed by atoms with E-state index in [1.54, 1.807) is 11.0 Å². The Bertz CT molecular complexity index is 711. The van der Waals surface area contributed by atoms with E-state index >= 15 is 0 Å². The van der Waals surface area contributed by atoms with E-state index in [4.69, 9.17) is 0 Å². The smallest absolute Gasteiger partial charge is 0.321 e. The van der Waals surface area contributed by atoms with Gasteiger partial charge in [-0.05, 0) is 0 Å². The molecule has 2 amide bonds. The third kappa shape index (κ3) is 3.41. The van der Waals surface area contributed by atoms with Gasteiger partial charge in [0.1, 0.15) is 5.51 Å². The molecule has 0 aliphatic carbocycles. The molecule has 0 radical (unpaired) electrons. The molecule has 2 heterocycles. The number of anilines is 1. The van der Waals surface area contributed by atoms with Crippen molar-refractivity contribution in [3.8, 4) is 11.3 Å². The Kier molecular flexibility index (Phi) is 4.17. The Hall–Kier alpha value is -2.32. The van der Waals surface area contributed by atoms with Crippen LogP contribution in [0.4, 0.5) is 9.93 Å². The van der Waals surface area contributed by atoms with Gasteiger partial charge in [0.25, 0.3) is 0 Å². The largest absolute Gasteiger partial charge is 0.333 e. The number of hydrogen-bond acceptors (Lipinski definition) is 6. The van der Waals surface area contributed by atoms with Crippen LogP contribution in [0, 0.1) is 0 Å². The molecule has 0 bridgehead atoms. The fraction of sp³-hybridized carbons (Fsp3) is 0.0769. The molecule has 21 heavy (non-hydrogen) atoms. The van der Waals surface area contributed by atoms with Gasteiger partial charge in [-0.3, -0.25) is 5.32 Å². The number of nitrogens with one attached hydrogen (secondary N) is 2. The molecule has 0 atom stereocenters. The minimum absolute atomic E-state index is 0.306. The lowest BCUT2D eigenvalue weighted by Gasteiger charge is -2.05. The van der Waals surface area contributed by atoms with Crippen molar-refractivity contribution in [2.24, 2.45) is 0 Å². The number of thiazole rings is 1. The maximum Gasteiger partial charge on any atom is 0.321 e. The van der Waals surface area contributed by atoms with Gasteiger partial charge in [0.2, 0.25) is 5.13 Å². The Morgan fingerprint density at radius 3 is 2.76 bits per heavy atom. The summed E-state index contributed by atoms with van der Waals surface area (Å²) >= 11 is 2.79. The van der Waals surface area contributed by atoms with Crippen LogP contribution in [0.3, 0.4) is 0 Å². The molecule has 1 aromatic carbocycles. The Morgan fingerprint density at radius 2 is 2.00 bits per heavy atom. The first kappa shape index (κ1) is 13.7. The minimum atomic E-state index is -0.306. The molecule has 0 unspecified atom stereocenters. The van der Waals surface area contributed by atoms with E-state index in [1.165, 1.54) is 22.7 Å². The summed E-state index contributed by atoms with van der Waals surface area (Å²) < 4.78 is 0. The molecule has 2 aromatic heterocycles. The van der Waals surface area contributed by atoms with E-state index in [1.807, 2.05) is 30.3 Å². The number of hydrogen-bond donors (Lipinski definition) is 2. The van der Waals surface area contributed by atoms with Crippen molar-refractivity contribution in [1.82, 2.24) is 20.5 Å². The highest BCUT2D eigenvalue weighted by atomic mass is 32.1. The summed E-state index contributed by atoms with van der Waals surface area (Å²) in [5, 5.41) is 13.3. The molecule has 0 spiro atoms. The predicted molar refractivity (Wildman–Crippen MR) is 83.3 cm³/mol. The fourth-order valence-electron chi connectivity index (χ4n) is 1.76. The predicted octanol–water partition coefficient (Wildman–Crippen LogP) is 2.98. The first-order valence-electron chi connectivity index (χ1n) is 6.12. The molecule has 0 aliphatic rings. The summed E-state index contributed by atoms with van der Waals surface area (Å²) in [4.78, 5) is 17.1. The van der Waals surface area contributed by atoms with Crippen LogP contribution < -0.4 is 10.6 Å². The molecule has 3 rings (SSSR count). The molecule has 3 aromatic rings. The molecular weight excluding hydrogens is 306 g/mol. The van der Waals surface area contributed by atoms with Crippen molar-refractivity contribution >= 4 is 33.8 Å². The maximum absolute atomic E-state index is 11.8. The van der Waals surface area contributed by atoms with Gasteiger partial charge in [0, 0.05) is 5.56 Å². The van der Waals surface area contributed by atoms with Crippen LogP contribution in [-0.4, -0.2) is 21.2 Å². The van der Waals surface area contributed by atoms with Crippen LogP contribution in [0.5, 0.6) is 0 Å². The topological polar surface area (TPSA) is 79.8 Å². The average Bonchev–Trinajstić information content (AvgIpc) is 3.17. The van der Waals surface area contributed by atoms with Crippen LogP contribution in [0.15, 0.2) is 41.4 Å². The molecule has 0 fully saturated rings.